The third-order valence-corrected chi connectivity index (χ3v) is 3.02. The molecule has 0 aliphatic carbocycles. The predicted octanol–water partition coefficient (Wildman–Crippen LogP) is 2.22. The van der Waals surface area contributed by atoms with Crippen LogP contribution >= 0.6 is 11.3 Å². The van der Waals surface area contributed by atoms with Crippen LogP contribution in [-0.2, 0) is 0 Å². The molecular formula is C10H15NOS. The van der Waals surface area contributed by atoms with Gasteiger partial charge in [-0.3, -0.25) is 4.79 Å². The first-order chi connectivity index (χ1) is 6.02. The summed E-state index contributed by atoms with van der Waals surface area (Å²) in [7, 11) is 0. The SMILES string of the molecule is Cc1ccc(C(=O)C(N)C(C)C)s1. The number of aryl methyl sites for hydroxylation is 1. The molecule has 1 atom stereocenters. The standard InChI is InChI=1S/C10H15NOS/c1-6(2)9(11)10(12)8-5-4-7(3)13-8/h4-6,9H,11H2,1-3H3. The molecule has 0 bridgehead atoms. The predicted molar refractivity (Wildman–Crippen MR) is 56.2 cm³/mol. The lowest BCUT2D eigenvalue weighted by molar-refractivity contribution is 0.0944. The Morgan fingerprint density at radius 2 is 2.08 bits per heavy atom. The molecule has 0 amide bonds. The highest BCUT2D eigenvalue weighted by molar-refractivity contribution is 7.14. The first-order valence-corrected chi connectivity index (χ1v) is 5.20. The summed E-state index contributed by atoms with van der Waals surface area (Å²) >= 11 is 1.51. The molecule has 72 valence electrons. The second-order valence-electron chi connectivity index (χ2n) is 3.54. The van der Waals surface area contributed by atoms with Crippen LogP contribution in [0.1, 0.15) is 28.4 Å². The highest BCUT2D eigenvalue weighted by Crippen LogP contribution is 2.18. The zero-order valence-corrected chi connectivity index (χ0v) is 9.02. The van der Waals surface area contributed by atoms with Crippen molar-refractivity contribution in [3.05, 3.63) is 21.9 Å². The molecule has 1 aromatic rings. The molecular weight excluding hydrogens is 182 g/mol. The molecule has 1 heterocycles. The molecule has 1 aromatic heterocycles. The first kappa shape index (κ1) is 10.4. The van der Waals surface area contributed by atoms with E-state index in [0.717, 1.165) is 9.75 Å². The molecule has 1 unspecified atom stereocenters. The molecule has 2 N–H and O–H groups in total. The maximum Gasteiger partial charge on any atom is 0.189 e. The maximum absolute atomic E-state index is 11.7. The Morgan fingerprint density at radius 1 is 1.46 bits per heavy atom. The fourth-order valence-electron chi connectivity index (χ4n) is 1.03. The van der Waals surface area contributed by atoms with Gasteiger partial charge >= 0.3 is 0 Å². The fourth-order valence-corrected chi connectivity index (χ4v) is 1.89. The Hall–Kier alpha value is -0.670. The van der Waals surface area contributed by atoms with Gasteiger partial charge in [-0.1, -0.05) is 13.8 Å². The minimum atomic E-state index is -0.363. The highest BCUT2D eigenvalue weighted by Gasteiger charge is 2.19. The van der Waals surface area contributed by atoms with E-state index in [1.54, 1.807) is 0 Å². The van der Waals surface area contributed by atoms with Crippen molar-refractivity contribution in [3.8, 4) is 0 Å². The van der Waals surface area contributed by atoms with E-state index in [1.165, 1.54) is 11.3 Å². The van der Waals surface area contributed by atoms with Gasteiger partial charge in [0.1, 0.15) is 0 Å². The first-order valence-electron chi connectivity index (χ1n) is 4.38. The monoisotopic (exact) mass is 197 g/mol. The Morgan fingerprint density at radius 3 is 2.46 bits per heavy atom. The van der Waals surface area contributed by atoms with E-state index in [9.17, 15) is 4.79 Å². The van der Waals surface area contributed by atoms with E-state index in [2.05, 4.69) is 0 Å². The average molecular weight is 197 g/mol. The Kier molecular flexibility index (Phi) is 3.22. The third-order valence-electron chi connectivity index (χ3n) is 2.00. The van der Waals surface area contributed by atoms with Gasteiger partial charge in [0, 0.05) is 4.88 Å². The molecule has 13 heavy (non-hydrogen) atoms. The van der Waals surface area contributed by atoms with Gasteiger partial charge in [-0.15, -0.1) is 11.3 Å². The normalized spacial score (nSPS) is 13.3. The van der Waals surface area contributed by atoms with E-state index >= 15 is 0 Å². The van der Waals surface area contributed by atoms with Crippen LogP contribution in [0.2, 0.25) is 0 Å². The van der Waals surface area contributed by atoms with Crippen molar-refractivity contribution >= 4 is 17.1 Å². The number of rotatable bonds is 3. The van der Waals surface area contributed by atoms with Crippen molar-refractivity contribution in [2.24, 2.45) is 11.7 Å². The maximum atomic E-state index is 11.7. The number of carbonyl (C=O) groups is 1. The van der Waals surface area contributed by atoms with Crippen LogP contribution in [0.5, 0.6) is 0 Å². The second kappa shape index (κ2) is 4.03. The number of hydrogen-bond donors (Lipinski definition) is 1. The van der Waals surface area contributed by atoms with Crippen molar-refractivity contribution < 1.29 is 4.79 Å². The summed E-state index contributed by atoms with van der Waals surface area (Å²) in [4.78, 5) is 13.6. The van der Waals surface area contributed by atoms with Crippen molar-refractivity contribution in [1.29, 1.82) is 0 Å². The topological polar surface area (TPSA) is 43.1 Å². The van der Waals surface area contributed by atoms with Gasteiger partial charge in [0.05, 0.1) is 10.9 Å². The molecule has 0 aromatic carbocycles. The molecule has 0 fully saturated rings. The lowest BCUT2D eigenvalue weighted by Gasteiger charge is -2.12. The molecule has 2 nitrogen and oxygen atoms in total. The number of Topliss-reactive ketones (excluding diaryl/α,β-unsaturated/α-hetero) is 1. The van der Waals surface area contributed by atoms with Gasteiger partial charge in [0.2, 0.25) is 0 Å². The Bertz CT molecular complexity index is 304. The Labute approximate surface area is 82.8 Å². The molecule has 0 aliphatic rings. The quantitative estimate of drug-likeness (QED) is 0.755. The lowest BCUT2D eigenvalue weighted by atomic mass is 10.0. The molecule has 0 aliphatic heterocycles. The fraction of sp³-hybridized carbons (Fsp3) is 0.500. The summed E-state index contributed by atoms with van der Waals surface area (Å²) < 4.78 is 0. The minimum absolute atomic E-state index is 0.0631. The Balaban J connectivity index is 2.79. The molecule has 0 saturated carbocycles. The van der Waals surface area contributed by atoms with E-state index < -0.39 is 0 Å². The van der Waals surface area contributed by atoms with E-state index in [4.69, 9.17) is 5.73 Å². The molecule has 0 saturated heterocycles. The van der Waals surface area contributed by atoms with Crippen LogP contribution in [0, 0.1) is 12.8 Å². The van der Waals surface area contributed by atoms with Crippen molar-refractivity contribution in [3.63, 3.8) is 0 Å². The van der Waals surface area contributed by atoms with Crippen LogP contribution in [0.4, 0.5) is 0 Å². The smallest absolute Gasteiger partial charge is 0.189 e. The summed E-state index contributed by atoms with van der Waals surface area (Å²) in [6.07, 6.45) is 0. The highest BCUT2D eigenvalue weighted by atomic mass is 32.1. The minimum Gasteiger partial charge on any atom is -0.321 e. The van der Waals surface area contributed by atoms with E-state index in [0.29, 0.717) is 0 Å². The largest absolute Gasteiger partial charge is 0.321 e. The number of hydrogen-bond acceptors (Lipinski definition) is 3. The molecule has 0 spiro atoms. The van der Waals surface area contributed by atoms with Gasteiger partial charge < -0.3 is 5.73 Å². The van der Waals surface area contributed by atoms with Crippen LogP contribution in [-0.4, -0.2) is 11.8 Å². The number of thiophene rings is 1. The van der Waals surface area contributed by atoms with Crippen molar-refractivity contribution in [2.75, 3.05) is 0 Å². The summed E-state index contributed by atoms with van der Waals surface area (Å²) in [6, 6.07) is 3.44. The van der Waals surface area contributed by atoms with E-state index in [-0.39, 0.29) is 17.7 Å². The molecule has 0 radical (unpaired) electrons. The summed E-state index contributed by atoms with van der Waals surface area (Å²) in [6.45, 7) is 5.91. The van der Waals surface area contributed by atoms with Crippen molar-refractivity contribution in [2.45, 2.75) is 26.8 Å². The van der Waals surface area contributed by atoms with E-state index in [1.807, 2.05) is 32.9 Å². The van der Waals surface area contributed by atoms with Gasteiger partial charge in [0.15, 0.2) is 5.78 Å². The zero-order chi connectivity index (χ0) is 10.0. The number of carbonyl (C=O) groups excluding carboxylic acids is 1. The van der Waals surface area contributed by atoms with Gasteiger partial charge in [-0.05, 0) is 25.0 Å². The van der Waals surface area contributed by atoms with Gasteiger partial charge in [0.25, 0.3) is 0 Å². The summed E-state index contributed by atoms with van der Waals surface area (Å²) in [5, 5.41) is 0. The van der Waals surface area contributed by atoms with Gasteiger partial charge in [-0.25, -0.2) is 0 Å². The zero-order valence-electron chi connectivity index (χ0n) is 8.20. The molecule has 1 rings (SSSR count). The summed E-state index contributed by atoms with van der Waals surface area (Å²) in [5.74, 6) is 0.267. The third kappa shape index (κ3) is 2.39. The number of ketones is 1. The number of nitrogens with two attached hydrogens (primary N) is 1. The van der Waals surface area contributed by atoms with Gasteiger partial charge in [-0.2, -0.15) is 0 Å². The van der Waals surface area contributed by atoms with Crippen LogP contribution < -0.4 is 5.73 Å². The van der Waals surface area contributed by atoms with Crippen LogP contribution in [0.15, 0.2) is 12.1 Å². The van der Waals surface area contributed by atoms with Crippen molar-refractivity contribution in [1.82, 2.24) is 0 Å². The summed E-state index contributed by atoms with van der Waals surface area (Å²) in [5.41, 5.74) is 5.76. The molecule has 3 heteroatoms. The second-order valence-corrected chi connectivity index (χ2v) is 4.83. The van der Waals surface area contributed by atoms with Crippen LogP contribution in [0.3, 0.4) is 0 Å². The van der Waals surface area contributed by atoms with Crippen LogP contribution in [0.25, 0.3) is 0 Å². The average Bonchev–Trinajstić information content (AvgIpc) is 2.49. The lowest BCUT2D eigenvalue weighted by Crippen LogP contribution is -2.35.